The summed E-state index contributed by atoms with van der Waals surface area (Å²) in [7, 11) is -3.27. The minimum Gasteiger partial charge on any atom is -0.481 e. The summed E-state index contributed by atoms with van der Waals surface area (Å²) in [5.74, 6) is -1.13. The van der Waals surface area contributed by atoms with Gasteiger partial charge in [-0.25, -0.2) is 8.42 Å². The predicted octanol–water partition coefficient (Wildman–Crippen LogP) is 1.25. The first-order chi connectivity index (χ1) is 8.80. The lowest BCUT2D eigenvalue weighted by Gasteiger charge is -2.43. The lowest BCUT2D eigenvalue weighted by molar-refractivity contribution is -0.143. The molecule has 1 unspecified atom stereocenters. The first kappa shape index (κ1) is 13.9. The van der Waals surface area contributed by atoms with Gasteiger partial charge in [0.1, 0.15) is 0 Å². The minimum absolute atomic E-state index is 0.0742. The molecule has 1 aromatic rings. The van der Waals surface area contributed by atoms with E-state index >= 15 is 0 Å². The van der Waals surface area contributed by atoms with Crippen LogP contribution in [0.4, 0.5) is 5.69 Å². The predicted molar refractivity (Wildman–Crippen MR) is 72.1 cm³/mol. The Hall–Kier alpha value is -1.56. The van der Waals surface area contributed by atoms with Gasteiger partial charge in [0.25, 0.3) is 0 Å². The molecule has 1 aromatic carbocycles. The van der Waals surface area contributed by atoms with Crippen LogP contribution >= 0.6 is 0 Å². The van der Waals surface area contributed by atoms with Gasteiger partial charge in [-0.2, -0.15) is 0 Å². The van der Waals surface area contributed by atoms with E-state index in [0.29, 0.717) is 23.7 Å². The Bertz CT molecular complexity index is 590. The maximum absolute atomic E-state index is 11.7. The minimum atomic E-state index is -3.27. The Morgan fingerprint density at radius 3 is 2.47 bits per heavy atom. The number of para-hydroxylation sites is 1. The van der Waals surface area contributed by atoms with Crippen molar-refractivity contribution < 1.29 is 18.3 Å². The highest BCUT2D eigenvalue weighted by Crippen LogP contribution is 2.33. The Kier molecular flexibility index (Phi) is 3.54. The van der Waals surface area contributed by atoms with Crippen LogP contribution in [-0.2, 0) is 14.6 Å². The summed E-state index contributed by atoms with van der Waals surface area (Å²) in [6.07, 6.45) is 1.18. The topological polar surface area (TPSA) is 74.7 Å². The summed E-state index contributed by atoms with van der Waals surface area (Å²) in [4.78, 5) is 13.1. The fraction of sp³-hybridized carbons (Fsp3) is 0.462. The molecule has 104 valence electrons. The number of carbonyl (C=O) groups is 1. The van der Waals surface area contributed by atoms with Gasteiger partial charge in [-0.05, 0) is 12.1 Å². The first-order valence-electron chi connectivity index (χ1n) is 6.07. The molecule has 1 N–H and O–H groups in total. The van der Waals surface area contributed by atoms with Gasteiger partial charge in [0.05, 0.1) is 16.5 Å². The highest BCUT2D eigenvalue weighted by Gasteiger charge is 2.36. The molecule has 0 bridgehead atoms. The molecule has 1 fully saturated rings. The van der Waals surface area contributed by atoms with E-state index in [1.807, 2.05) is 4.90 Å². The van der Waals surface area contributed by atoms with Crippen molar-refractivity contribution in [3.05, 3.63) is 24.3 Å². The van der Waals surface area contributed by atoms with Crippen LogP contribution in [0.3, 0.4) is 0 Å². The molecule has 1 heterocycles. The number of sulfone groups is 1. The number of rotatable bonds is 4. The third-order valence-corrected chi connectivity index (χ3v) is 4.76. The van der Waals surface area contributed by atoms with E-state index in [2.05, 4.69) is 0 Å². The number of hydrogen-bond acceptors (Lipinski definition) is 4. The molecule has 0 aliphatic carbocycles. The van der Waals surface area contributed by atoms with Gasteiger partial charge >= 0.3 is 5.97 Å². The molecular weight excluding hydrogens is 266 g/mol. The average Bonchev–Trinajstić information content (AvgIpc) is 2.26. The fourth-order valence-electron chi connectivity index (χ4n) is 2.26. The zero-order chi connectivity index (χ0) is 14.2. The molecule has 0 amide bonds. The molecule has 5 nitrogen and oxygen atoms in total. The molecule has 1 aliphatic heterocycles. The van der Waals surface area contributed by atoms with Crippen molar-refractivity contribution in [2.24, 2.45) is 11.8 Å². The van der Waals surface area contributed by atoms with Crippen LogP contribution in [0, 0.1) is 11.8 Å². The van der Waals surface area contributed by atoms with Crippen molar-refractivity contribution in [3.63, 3.8) is 0 Å². The molecular formula is C13H17NO4S. The van der Waals surface area contributed by atoms with Crippen molar-refractivity contribution in [1.82, 2.24) is 0 Å². The first-order valence-corrected chi connectivity index (χ1v) is 7.96. The third-order valence-electron chi connectivity index (χ3n) is 3.61. The van der Waals surface area contributed by atoms with E-state index in [1.165, 1.54) is 6.26 Å². The van der Waals surface area contributed by atoms with Crippen LogP contribution in [0.25, 0.3) is 0 Å². The van der Waals surface area contributed by atoms with E-state index in [-0.39, 0.29) is 5.92 Å². The second-order valence-electron chi connectivity index (χ2n) is 5.03. The molecule has 1 aliphatic rings. The second kappa shape index (κ2) is 4.85. The monoisotopic (exact) mass is 283 g/mol. The number of carboxylic acid groups (broad SMARTS) is 1. The SMILES string of the molecule is CC(C(=O)O)C1CN(c2ccccc2S(C)(=O)=O)C1. The number of carboxylic acids is 1. The zero-order valence-electron chi connectivity index (χ0n) is 10.9. The van der Waals surface area contributed by atoms with Crippen molar-refractivity contribution in [1.29, 1.82) is 0 Å². The number of aliphatic carboxylic acids is 1. The average molecular weight is 283 g/mol. The van der Waals surface area contributed by atoms with E-state index in [0.717, 1.165) is 0 Å². The van der Waals surface area contributed by atoms with E-state index in [9.17, 15) is 13.2 Å². The van der Waals surface area contributed by atoms with Gasteiger partial charge in [-0.1, -0.05) is 19.1 Å². The van der Waals surface area contributed by atoms with Gasteiger partial charge in [-0.3, -0.25) is 4.79 Å². The Morgan fingerprint density at radius 1 is 1.37 bits per heavy atom. The molecule has 0 aromatic heterocycles. The quantitative estimate of drug-likeness (QED) is 0.900. The van der Waals surface area contributed by atoms with Crippen molar-refractivity contribution in [2.75, 3.05) is 24.2 Å². The maximum atomic E-state index is 11.7. The van der Waals surface area contributed by atoms with Gasteiger partial charge < -0.3 is 10.0 Å². The van der Waals surface area contributed by atoms with E-state index < -0.39 is 21.7 Å². The Balaban J connectivity index is 2.17. The van der Waals surface area contributed by atoms with Crippen LogP contribution in [-0.4, -0.2) is 38.8 Å². The molecule has 0 spiro atoms. The summed E-state index contributed by atoms with van der Waals surface area (Å²) >= 11 is 0. The number of anilines is 1. The van der Waals surface area contributed by atoms with Crippen LogP contribution in [0.5, 0.6) is 0 Å². The molecule has 0 radical (unpaired) electrons. The van der Waals surface area contributed by atoms with Crippen LogP contribution in [0.2, 0.25) is 0 Å². The number of hydrogen-bond donors (Lipinski definition) is 1. The molecule has 1 atom stereocenters. The van der Waals surface area contributed by atoms with Gasteiger partial charge in [0, 0.05) is 25.3 Å². The standard InChI is InChI=1S/C13H17NO4S/c1-9(13(15)16)10-7-14(8-10)11-5-3-4-6-12(11)19(2,17)18/h3-6,9-10H,7-8H2,1-2H3,(H,15,16). The number of benzene rings is 1. The largest absolute Gasteiger partial charge is 0.481 e. The summed E-state index contributed by atoms with van der Waals surface area (Å²) in [5.41, 5.74) is 0.666. The summed E-state index contributed by atoms with van der Waals surface area (Å²) < 4.78 is 23.4. The summed E-state index contributed by atoms with van der Waals surface area (Å²) in [6, 6.07) is 6.83. The molecule has 6 heteroatoms. The zero-order valence-corrected chi connectivity index (χ0v) is 11.7. The summed E-state index contributed by atoms with van der Waals surface area (Å²) in [5, 5.41) is 8.94. The highest BCUT2D eigenvalue weighted by atomic mass is 32.2. The molecule has 1 saturated heterocycles. The van der Waals surface area contributed by atoms with Crippen LogP contribution < -0.4 is 4.90 Å². The van der Waals surface area contributed by atoms with Crippen LogP contribution in [0.1, 0.15) is 6.92 Å². The van der Waals surface area contributed by atoms with Gasteiger partial charge in [0.15, 0.2) is 9.84 Å². The summed E-state index contributed by atoms with van der Waals surface area (Å²) in [6.45, 7) is 2.85. The van der Waals surface area contributed by atoms with Gasteiger partial charge in [-0.15, -0.1) is 0 Å². The van der Waals surface area contributed by atoms with Crippen molar-refractivity contribution in [3.8, 4) is 0 Å². The van der Waals surface area contributed by atoms with Gasteiger partial charge in [0.2, 0.25) is 0 Å². The second-order valence-corrected chi connectivity index (χ2v) is 7.02. The Labute approximate surface area is 112 Å². The van der Waals surface area contributed by atoms with Crippen LogP contribution in [0.15, 0.2) is 29.2 Å². The lowest BCUT2D eigenvalue weighted by atomic mass is 9.87. The third kappa shape index (κ3) is 2.73. The maximum Gasteiger partial charge on any atom is 0.306 e. The molecule has 2 rings (SSSR count). The highest BCUT2D eigenvalue weighted by molar-refractivity contribution is 7.90. The van der Waals surface area contributed by atoms with Crippen molar-refractivity contribution >= 4 is 21.5 Å². The van der Waals surface area contributed by atoms with E-state index in [4.69, 9.17) is 5.11 Å². The Morgan fingerprint density at radius 2 is 1.95 bits per heavy atom. The smallest absolute Gasteiger partial charge is 0.306 e. The molecule has 19 heavy (non-hydrogen) atoms. The lowest BCUT2D eigenvalue weighted by Crippen LogP contribution is -2.51. The molecule has 0 saturated carbocycles. The number of nitrogens with zero attached hydrogens (tertiary/aromatic N) is 1. The van der Waals surface area contributed by atoms with Crippen molar-refractivity contribution in [2.45, 2.75) is 11.8 Å². The normalized spacial score (nSPS) is 17.9. The fourth-order valence-corrected chi connectivity index (χ4v) is 3.16. The van der Waals surface area contributed by atoms with E-state index in [1.54, 1.807) is 31.2 Å².